The molecule has 35 heavy (non-hydrogen) atoms. The fraction of sp³-hybridized carbons (Fsp3) is 0.385. The molecule has 4 heterocycles. The number of nitrogens with zero attached hydrogens (tertiary/aromatic N) is 3. The summed E-state index contributed by atoms with van der Waals surface area (Å²) in [5.41, 5.74) is 1.99. The van der Waals surface area contributed by atoms with Crippen molar-refractivity contribution in [2.45, 2.75) is 32.5 Å². The maximum Gasteiger partial charge on any atom is 0.259 e. The molecule has 0 fully saturated rings. The Hall–Kier alpha value is -3.72. The molecule has 1 aromatic carbocycles. The number of ether oxygens (including phenoxy) is 3. The van der Waals surface area contributed by atoms with E-state index in [-0.39, 0.29) is 24.3 Å². The number of hydrogen-bond acceptors (Lipinski definition) is 7. The van der Waals surface area contributed by atoms with Crippen LogP contribution in [-0.2, 0) is 19.5 Å². The lowest BCUT2D eigenvalue weighted by Gasteiger charge is -2.26. The first-order valence-corrected chi connectivity index (χ1v) is 11.7. The van der Waals surface area contributed by atoms with Gasteiger partial charge in [-0.15, -0.1) is 0 Å². The van der Waals surface area contributed by atoms with Crippen molar-refractivity contribution >= 4 is 5.91 Å². The summed E-state index contributed by atoms with van der Waals surface area (Å²) in [7, 11) is 3.22. The summed E-state index contributed by atoms with van der Waals surface area (Å²) < 4.78 is 23.9. The molecule has 9 nitrogen and oxygen atoms in total. The Labute approximate surface area is 203 Å². The highest BCUT2D eigenvalue weighted by atomic mass is 16.7. The third-order valence-corrected chi connectivity index (χ3v) is 6.85. The Balaban J connectivity index is 1.43. The topological polar surface area (TPSA) is 86.4 Å². The van der Waals surface area contributed by atoms with Gasteiger partial charge < -0.3 is 28.1 Å². The molecule has 3 aromatic rings. The first-order chi connectivity index (χ1) is 17.0. The van der Waals surface area contributed by atoms with Gasteiger partial charge in [0.25, 0.3) is 11.5 Å². The number of carbonyl (C=O) groups excluding carboxylic acids is 1. The summed E-state index contributed by atoms with van der Waals surface area (Å²) in [6.07, 6.45) is 2.12. The Morgan fingerprint density at radius 1 is 1.17 bits per heavy atom. The first kappa shape index (κ1) is 23.0. The van der Waals surface area contributed by atoms with Gasteiger partial charge in [-0.25, -0.2) is 0 Å². The lowest BCUT2D eigenvalue weighted by Crippen LogP contribution is -2.34. The molecule has 9 heteroatoms. The van der Waals surface area contributed by atoms with Gasteiger partial charge in [0.1, 0.15) is 17.1 Å². The second-order valence-electron chi connectivity index (χ2n) is 8.81. The van der Waals surface area contributed by atoms with E-state index >= 15 is 0 Å². The van der Waals surface area contributed by atoms with Gasteiger partial charge in [-0.1, -0.05) is 12.1 Å². The van der Waals surface area contributed by atoms with Crippen molar-refractivity contribution in [3.8, 4) is 17.2 Å². The van der Waals surface area contributed by atoms with Crippen LogP contribution in [0, 0.1) is 0 Å². The minimum absolute atomic E-state index is 0.172. The lowest BCUT2D eigenvalue weighted by molar-refractivity contribution is 0.0720. The van der Waals surface area contributed by atoms with Gasteiger partial charge in [-0.3, -0.25) is 14.5 Å². The molecule has 0 saturated carbocycles. The number of rotatable bonds is 6. The number of carbonyl (C=O) groups is 1. The van der Waals surface area contributed by atoms with Crippen LogP contribution in [-0.4, -0.2) is 54.3 Å². The van der Waals surface area contributed by atoms with E-state index in [2.05, 4.69) is 4.90 Å². The van der Waals surface area contributed by atoms with Crippen molar-refractivity contribution < 1.29 is 23.4 Å². The van der Waals surface area contributed by atoms with Gasteiger partial charge in [0.2, 0.25) is 6.79 Å². The molecule has 2 aliphatic rings. The highest BCUT2D eigenvalue weighted by molar-refractivity contribution is 5.98. The Kier molecular flexibility index (Phi) is 6.25. The zero-order valence-electron chi connectivity index (χ0n) is 20.2. The summed E-state index contributed by atoms with van der Waals surface area (Å²) in [5, 5.41) is 0. The summed E-state index contributed by atoms with van der Waals surface area (Å²) in [6, 6.07) is 10.7. The monoisotopic (exact) mass is 479 g/mol. The maximum absolute atomic E-state index is 13.7. The molecule has 2 aromatic heterocycles. The van der Waals surface area contributed by atoms with Gasteiger partial charge in [-0.2, -0.15) is 0 Å². The highest BCUT2D eigenvalue weighted by Crippen LogP contribution is 2.36. The molecule has 5 rings (SSSR count). The smallest absolute Gasteiger partial charge is 0.259 e. The predicted octanol–water partition coefficient (Wildman–Crippen LogP) is 3.07. The average Bonchev–Trinajstić information content (AvgIpc) is 3.53. The van der Waals surface area contributed by atoms with Gasteiger partial charge in [0.15, 0.2) is 11.5 Å². The minimum Gasteiger partial charge on any atom is -0.496 e. The van der Waals surface area contributed by atoms with Crippen LogP contribution in [0.5, 0.6) is 17.2 Å². The van der Waals surface area contributed by atoms with Crippen molar-refractivity contribution in [2.24, 2.45) is 0 Å². The Morgan fingerprint density at radius 3 is 2.80 bits per heavy atom. The van der Waals surface area contributed by atoms with E-state index in [1.807, 2.05) is 31.2 Å². The van der Waals surface area contributed by atoms with E-state index in [9.17, 15) is 9.59 Å². The number of furan rings is 1. The van der Waals surface area contributed by atoms with Crippen molar-refractivity contribution in [3.05, 3.63) is 75.6 Å². The fourth-order valence-electron chi connectivity index (χ4n) is 4.77. The van der Waals surface area contributed by atoms with Crippen molar-refractivity contribution in [1.29, 1.82) is 0 Å². The normalized spacial score (nSPS) is 15.9. The number of fused-ring (bicyclic) bond motifs is 2. The van der Waals surface area contributed by atoms with Crippen molar-refractivity contribution in [3.63, 3.8) is 0 Å². The molecule has 0 saturated heterocycles. The Bertz CT molecular complexity index is 1280. The lowest BCUT2D eigenvalue weighted by atomic mass is 10.1. The van der Waals surface area contributed by atoms with Crippen LogP contribution < -0.4 is 19.8 Å². The first-order valence-electron chi connectivity index (χ1n) is 11.7. The summed E-state index contributed by atoms with van der Waals surface area (Å²) >= 11 is 0. The number of aromatic nitrogens is 1. The predicted molar refractivity (Wildman–Crippen MR) is 128 cm³/mol. The van der Waals surface area contributed by atoms with E-state index in [4.69, 9.17) is 18.6 Å². The quantitative estimate of drug-likeness (QED) is 0.537. The minimum atomic E-state index is -0.278. The number of methoxy groups -OCH3 is 1. The molecule has 0 radical (unpaired) electrons. The van der Waals surface area contributed by atoms with Crippen molar-refractivity contribution in [1.82, 2.24) is 14.4 Å². The molecule has 184 valence electrons. The molecule has 1 atom stereocenters. The molecule has 0 spiro atoms. The number of para-hydroxylation sites is 1. The molecule has 0 aliphatic carbocycles. The van der Waals surface area contributed by atoms with E-state index in [0.29, 0.717) is 55.4 Å². The van der Waals surface area contributed by atoms with E-state index in [1.165, 1.54) is 13.2 Å². The van der Waals surface area contributed by atoms with E-state index in [0.717, 1.165) is 17.1 Å². The third kappa shape index (κ3) is 4.27. The van der Waals surface area contributed by atoms with Crippen LogP contribution in [0.3, 0.4) is 0 Å². The SMILES string of the molecule is COc1cc(=O)n2c(c1C(=O)N(C)[C@H](C)c1ccco1)CCN(Cc1cccc3c1OCO3)CC2. The number of amides is 1. The number of benzene rings is 1. The van der Waals surface area contributed by atoms with Gasteiger partial charge >= 0.3 is 0 Å². The fourth-order valence-corrected chi connectivity index (χ4v) is 4.77. The molecule has 0 N–H and O–H groups in total. The highest BCUT2D eigenvalue weighted by Gasteiger charge is 2.30. The van der Waals surface area contributed by atoms with Crippen molar-refractivity contribution in [2.75, 3.05) is 34.0 Å². The third-order valence-electron chi connectivity index (χ3n) is 6.85. The second kappa shape index (κ2) is 9.50. The van der Waals surface area contributed by atoms with Crippen LogP contribution in [0.2, 0.25) is 0 Å². The standard InChI is InChI=1S/C26H29N3O6/c1-17(20-8-5-13-33-20)27(2)26(31)24-19-9-10-28(11-12-29(19)23(30)14-22(24)32-3)15-18-6-4-7-21-25(18)35-16-34-21/h4-8,13-14,17H,9-12,15-16H2,1-3H3/t17-/m1/s1. The Morgan fingerprint density at radius 2 is 2.03 bits per heavy atom. The zero-order valence-corrected chi connectivity index (χ0v) is 20.2. The molecule has 1 amide bonds. The summed E-state index contributed by atoms with van der Waals surface area (Å²) in [5.74, 6) is 2.30. The number of hydrogen-bond donors (Lipinski definition) is 0. The summed E-state index contributed by atoms with van der Waals surface area (Å²) in [4.78, 5) is 30.6. The zero-order chi connectivity index (χ0) is 24.5. The molecule has 2 aliphatic heterocycles. The molecule has 0 bridgehead atoms. The van der Waals surface area contributed by atoms with Crippen LogP contribution >= 0.6 is 0 Å². The molecular formula is C26H29N3O6. The van der Waals surface area contributed by atoms with Gasteiger partial charge in [0, 0.05) is 57.0 Å². The van der Waals surface area contributed by atoms with Gasteiger partial charge in [0.05, 0.1) is 19.4 Å². The van der Waals surface area contributed by atoms with Crippen LogP contribution in [0.4, 0.5) is 0 Å². The van der Waals surface area contributed by atoms with Crippen LogP contribution in [0.15, 0.2) is 51.9 Å². The summed E-state index contributed by atoms with van der Waals surface area (Å²) in [6.45, 7) is 4.60. The second-order valence-corrected chi connectivity index (χ2v) is 8.81. The number of pyridine rings is 1. The molecular weight excluding hydrogens is 450 g/mol. The van der Waals surface area contributed by atoms with Crippen LogP contribution in [0.25, 0.3) is 0 Å². The average molecular weight is 480 g/mol. The van der Waals surface area contributed by atoms with Gasteiger partial charge in [-0.05, 0) is 25.1 Å². The molecule has 0 unspecified atom stereocenters. The van der Waals surface area contributed by atoms with E-state index in [1.54, 1.807) is 28.8 Å². The van der Waals surface area contributed by atoms with E-state index < -0.39 is 0 Å². The van der Waals surface area contributed by atoms with Crippen LogP contribution in [0.1, 0.15) is 40.3 Å². The largest absolute Gasteiger partial charge is 0.496 e. The maximum atomic E-state index is 13.7.